The van der Waals surface area contributed by atoms with E-state index in [4.69, 9.17) is 4.98 Å². The number of fused-ring (bicyclic) bond motifs is 1. The molecule has 0 radical (unpaired) electrons. The Labute approximate surface area is 196 Å². The summed E-state index contributed by atoms with van der Waals surface area (Å²) in [5.74, 6) is 0.653. The van der Waals surface area contributed by atoms with Gasteiger partial charge in [0.1, 0.15) is 0 Å². The van der Waals surface area contributed by atoms with Crippen LogP contribution in [0.4, 0.5) is 0 Å². The number of carbonyl (C=O) groups excluding carboxylic acids is 1. The van der Waals surface area contributed by atoms with Crippen LogP contribution in [0.3, 0.4) is 0 Å². The Kier molecular flexibility index (Phi) is 7.19. The molecule has 4 rings (SSSR count). The lowest BCUT2D eigenvalue weighted by Crippen LogP contribution is -2.32. The van der Waals surface area contributed by atoms with Gasteiger partial charge in [0.25, 0.3) is 5.91 Å². The molecule has 1 heterocycles. The molecule has 1 amide bonds. The zero-order valence-electron chi connectivity index (χ0n) is 19.7. The van der Waals surface area contributed by atoms with Gasteiger partial charge in [0, 0.05) is 17.0 Å². The van der Waals surface area contributed by atoms with Gasteiger partial charge in [0.05, 0.1) is 16.8 Å². The Bertz CT molecular complexity index is 1210. The van der Waals surface area contributed by atoms with Crippen molar-refractivity contribution in [3.63, 3.8) is 0 Å². The minimum Gasteiger partial charge on any atom is -0.350 e. The molecule has 0 saturated heterocycles. The number of nitrogens with zero attached hydrogens (tertiary/aromatic N) is 1. The van der Waals surface area contributed by atoms with Crippen molar-refractivity contribution in [3.05, 3.63) is 90.5 Å². The third kappa shape index (κ3) is 5.67. The Morgan fingerprint density at radius 3 is 2.15 bits per heavy atom. The fourth-order valence-electron chi connectivity index (χ4n) is 4.18. The van der Waals surface area contributed by atoms with Gasteiger partial charge in [-0.2, -0.15) is 0 Å². The molecule has 0 aliphatic carbocycles. The van der Waals surface area contributed by atoms with E-state index in [1.165, 1.54) is 12.0 Å². The monoisotopic (exact) mass is 436 g/mol. The molecule has 0 unspecified atom stereocenters. The summed E-state index contributed by atoms with van der Waals surface area (Å²) in [4.78, 5) is 18.1. The Hall–Kier alpha value is -3.46. The number of hydrogen-bond donors (Lipinski definition) is 1. The highest BCUT2D eigenvalue weighted by atomic mass is 16.1. The first kappa shape index (κ1) is 22.7. The van der Waals surface area contributed by atoms with E-state index in [9.17, 15) is 4.79 Å². The predicted octanol–water partition coefficient (Wildman–Crippen LogP) is 7.51. The molecule has 168 valence electrons. The van der Waals surface area contributed by atoms with E-state index in [2.05, 4.69) is 62.5 Å². The van der Waals surface area contributed by atoms with Crippen LogP contribution in [-0.2, 0) is 0 Å². The van der Waals surface area contributed by atoms with Crippen LogP contribution in [-0.4, -0.2) is 16.9 Å². The SMILES string of the molecule is CC(C)CCC[C@H](C)NC(=O)c1cc(-c2ccc(-c3ccccc3)cc2)nc2ccccc12. The molecule has 0 aliphatic heterocycles. The molecular formula is C30H32N2O. The van der Waals surface area contributed by atoms with Crippen molar-refractivity contribution in [3.8, 4) is 22.4 Å². The standard InChI is InChI=1S/C30H32N2O/c1-21(2)10-9-11-22(3)31-30(33)27-20-29(32-28-15-8-7-14-26(27)28)25-18-16-24(17-19-25)23-12-5-4-6-13-23/h4-8,12-22H,9-11H2,1-3H3,(H,31,33)/t22-/m0/s1. The molecule has 0 aliphatic rings. The van der Waals surface area contributed by atoms with E-state index in [1.54, 1.807) is 0 Å². The van der Waals surface area contributed by atoms with E-state index < -0.39 is 0 Å². The van der Waals surface area contributed by atoms with Gasteiger partial charge in [0.2, 0.25) is 0 Å². The molecule has 3 aromatic carbocycles. The molecule has 4 aromatic rings. The summed E-state index contributed by atoms with van der Waals surface area (Å²) in [6, 6.07) is 28.6. The Morgan fingerprint density at radius 2 is 1.42 bits per heavy atom. The van der Waals surface area contributed by atoms with Crippen LogP contribution in [0.15, 0.2) is 84.9 Å². The van der Waals surface area contributed by atoms with Crippen LogP contribution >= 0.6 is 0 Å². The average Bonchev–Trinajstić information content (AvgIpc) is 2.83. The van der Waals surface area contributed by atoms with E-state index in [0.29, 0.717) is 11.5 Å². The number of para-hydroxylation sites is 1. The molecule has 3 nitrogen and oxygen atoms in total. The highest BCUT2D eigenvalue weighted by molar-refractivity contribution is 6.07. The minimum atomic E-state index is -0.0344. The van der Waals surface area contributed by atoms with Crippen LogP contribution in [0.25, 0.3) is 33.3 Å². The maximum atomic E-state index is 13.2. The first-order chi connectivity index (χ1) is 16.0. The number of aromatic nitrogens is 1. The highest BCUT2D eigenvalue weighted by Gasteiger charge is 2.16. The molecule has 33 heavy (non-hydrogen) atoms. The fourth-order valence-corrected chi connectivity index (χ4v) is 4.18. The zero-order valence-corrected chi connectivity index (χ0v) is 19.7. The summed E-state index contributed by atoms with van der Waals surface area (Å²) in [6.07, 6.45) is 3.29. The van der Waals surface area contributed by atoms with Crippen LogP contribution < -0.4 is 5.32 Å². The van der Waals surface area contributed by atoms with Crippen molar-refractivity contribution >= 4 is 16.8 Å². The lowest BCUT2D eigenvalue weighted by Gasteiger charge is -2.16. The topological polar surface area (TPSA) is 42.0 Å². The van der Waals surface area contributed by atoms with Crippen molar-refractivity contribution in [2.24, 2.45) is 5.92 Å². The van der Waals surface area contributed by atoms with Crippen molar-refractivity contribution in [2.75, 3.05) is 0 Å². The number of rotatable bonds is 8. The third-order valence-corrected chi connectivity index (χ3v) is 6.04. The number of hydrogen-bond acceptors (Lipinski definition) is 2. The second kappa shape index (κ2) is 10.4. The molecule has 1 aromatic heterocycles. The van der Waals surface area contributed by atoms with E-state index in [0.717, 1.165) is 40.6 Å². The van der Waals surface area contributed by atoms with Crippen LogP contribution in [0.5, 0.6) is 0 Å². The van der Waals surface area contributed by atoms with Crippen molar-refractivity contribution in [1.29, 1.82) is 0 Å². The average molecular weight is 437 g/mol. The van der Waals surface area contributed by atoms with Gasteiger partial charge in [0.15, 0.2) is 0 Å². The molecule has 0 bridgehead atoms. The summed E-state index contributed by atoms with van der Waals surface area (Å²) in [5, 5.41) is 4.09. The Morgan fingerprint density at radius 1 is 0.788 bits per heavy atom. The maximum absolute atomic E-state index is 13.2. The van der Waals surface area contributed by atoms with Gasteiger partial charge in [-0.05, 0) is 42.5 Å². The molecule has 1 N–H and O–H groups in total. The van der Waals surface area contributed by atoms with Gasteiger partial charge in [-0.25, -0.2) is 4.98 Å². The van der Waals surface area contributed by atoms with Gasteiger partial charge in [-0.1, -0.05) is 99.5 Å². The predicted molar refractivity (Wildman–Crippen MR) is 138 cm³/mol. The second-order valence-electron chi connectivity index (χ2n) is 9.21. The van der Waals surface area contributed by atoms with Crippen LogP contribution in [0.2, 0.25) is 0 Å². The molecule has 3 heteroatoms. The number of benzene rings is 3. The fraction of sp³-hybridized carbons (Fsp3) is 0.267. The van der Waals surface area contributed by atoms with Crippen molar-refractivity contribution in [2.45, 2.75) is 46.1 Å². The minimum absolute atomic E-state index is 0.0344. The first-order valence-corrected chi connectivity index (χ1v) is 11.9. The smallest absolute Gasteiger partial charge is 0.252 e. The van der Waals surface area contributed by atoms with E-state index >= 15 is 0 Å². The van der Waals surface area contributed by atoms with Gasteiger partial charge < -0.3 is 5.32 Å². The summed E-state index contributed by atoms with van der Waals surface area (Å²) >= 11 is 0. The van der Waals surface area contributed by atoms with Gasteiger partial charge in [-0.15, -0.1) is 0 Å². The van der Waals surface area contributed by atoms with Crippen LogP contribution in [0, 0.1) is 5.92 Å². The number of carbonyl (C=O) groups is 1. The lowest BCUT2D eigenvalue weighted by molar-refractivity contribution is 0.0939. The molecular weight excluding hydrogens is 404 g/mol. The second-order valence-corrected chi connectivity index (χ2v) is 9.21. The quantitative estimate of drug-likeness (QED) is 0.310. The maximum Gasteiger partial charge on any atom is 0.252 e. The van der Waals surface area contributed by atoms with E-state index in [-0.39, 0.29) is 11.9 Å². The third-order valence-electron chi connectivity index (χ3n) is 6.04. The van der Waals surface area contributed by atoms with Crippen LogP contribution in [0.1, 0.15) is 50.4 Å². The number of pyridine rings is 1. The summed E-state index contributed by atoms with van der Waals surface area (Å²) in [6.45, 7) is 6.56. The van der Waals surface area contributed by atoms with Gasteiger partial charge in [-0.3, -0.25) is 4.79 Å². The zero-order chi connectivity index (χ0) is 23.2. The number of nitrogens with one attached hydrogen (secondary N) is 1. The van der Waals surface area contributed by atoms with E-state index in [1.807, 2.05) is 48.5 Å². The van der Waals surface area contributed by atoms with Crippen molar-refractivity contribution < 1.29 is 4.79 Å². The first-order valence-electron chi connectivity index (χ1n) is 11.9. The molecule has 0 fully saturated rings. The summed E-state index contributed by atoms with van der Waals surface area (Å²) < 4.78 is 0. The Balaban J connectivity index is 1.61. The molecule has 0 saturated carbocycles. The van der Waals surface area contributed by atoms with Crippen molar-refractivity contribution in [1.82, 2.24) is 10.3 Å². The molecule has 0 spiro atoms. The summed E-state index contributed by atoms with van der Waals surface area (Å²) in [7, 11) is 0. The largest absolute Gasteiger partial charge is 0.350 e. The molecule has 1 atom stereocenters. The number of amides is 1. The highest BCUT2D eigenvalue weighted by Crippen LogP contribution is 2.27. The lowest BCUT2D eigenvalue weighted by atomic mass is 10.00. The normalized spacial score (nSPS) is 12.1. The summed E-state index contributed by atoms with van der Waals surface area (Å²) in [5.41, 5.74) is 5.67. The van der Waals surface area contributed by atoms with Gasteiger partial charge >= 0.3 is 0 Å².